The summed E-state index contributed by atoms with van der Waals surface area (Å²) in [6.45, 7) is 4.01. The molecule has 0 bridgehead atoms. The van der Waals surface area contributed by atoms with Gasteiger partial charge in [0.2, 0.25) is 0 Å². The minimum absolute atomic E-state index is 0.0851. The van der Waals surface area contributed by atoms with Gasteiger partial charge in [-0.05, 0) is 92.7 Å². The molecule has 1 N–H and O–H groups in total. The van der Waals surface area contributed by atoms with Gasteiger partial charge < -0.3 is 10.1 Å². The maximum atomic E-state index is 13.3. The van der Waals surface area contributed by atoms with Gasteiger partial charge in [-0.2, -0.15) is 5.26 Å². The lowest BCUT2D eigenvalue weighted by Gasteiger charge is -2.18. The first-order chi connectivity index (χ1) is 20.0. The number of carbonyl (C=O) groups excluding carboxylic acids is 1. The Bertz CT molecular complexity index is 1770. The van der Waals surface area contributed by atoms with Gasteiger partial charge in [-0.3, -0.25) is 14.7 Å². The highest BCUT2D eigenvalue weighted by atomic mass is 32.2. The summed E-state index contributed by atoms with van der Waals surface area (Å²) in [6.07, 6.45) is 4.03. The summed E-state index contributed by atoms with van der Waals surface area (Å²) in [6, 6.07) is 24.1. The molecular weight excluding hydrogens is 548 g/mol. The van der Waals surface area contributed by atoms with E-state index in [1.165, 1.54) is 12.1 Å². The van der Waals surface area contributed by atoms with E-state index in [0.717, 1.165) is 39.4 Å². The molecule has 0 aliphatic heterocycles. The van der Waals surface area contributed by atoms with E-state index in [1.807, 2.05) is 62.4 Å². The van der Waals surface area contributed by atoms with Crippen molar-refractivity contribution < 1.29 is 17.9 Å². The van der Waals surface area contributed by atoms with Crippen LogP contribution in [0.5, 0.6) is 0 Å². The van der Waals surface area contributed by atoms with Crippen LogP contribution in [0.4, 0.5) is 0 Å². The summed E-state index contributed by atoms with van der Waals surface area (Å²) >= 11 is 0. The first-order valence-electron chi connectivity index (χ1n) is 13.4. The third-order valence-corrected chi connectivity index (χ3v) is 7.65. The molecule has 4 aromatic rings. The Balaban J connectivity index is 1.78. The van der Waals surface area contributed by atoms with Gasteiger partial charge in [0.25, 0.3) is 5.91 Å². The van der Waals surface area contributed by atoms with Gasteiger partial charge in [0, 0.05) is 35.0 Å². The van der Waals surface area contributed by atoms with Crippen LogP contribution in [0.15, 0.2) is 83.9 Å². The third kappa shape index (κ3) is 7.47. The van der Waals surface area contributed by atoms with E-state index in [1.54, 1.807) is 43.4 Å². The van der Waals surface area contributed by atoms with Crippen molar-refractivity contribution in [3.05, 3.63) is 95.7 Å². The summed E-state index contributed by atoms with van der Waals surface area (Å²) < 4.78 is 29.8. The van der Waals surface area contributed by atoms with Gasteiger partial charge in [-0.1, -0.05) is 36.4 Å². The summed E-state index contributed by atoms with van der Waals surface area (Å²) in [4.78, 5) is 19.8. The Morgan fingerprint density at radius 1 is 1.07 bits per heavy atom. The molecule has 1 atom stereocenters. The predicted octanol–water partition coefficient (Wildman–Crippen LogP) is 5.30. The van der Waals surface area contributed by atoms with Crippen LogP contribution < -0.4 is 5.32 Å². The summed E-state index contributed by atoms with van der Waals surface area (Å²) in [7, 11) is 0.211. The van der Waals surface area contributed by atoms with Gasteiger partial charge in [0.15, 0.2) is 16.1 Å². The molecule has 0 saturated heterocycles. The summed E-state index contributed by atoms with van der Waals surface area (Å²) in [5, 5.41) is 13.3. The van der Waals surface area contributed by atoms with Gasteiger partial charge >= 0.3 is 0 Å². The van der Waals surface area contributed by atoms with Crippen molar-refractivity contribution in [3.63, 3.8) is 0 Å². The number of amides is 1. The molecule has 9 heteroatoms. The third-order valence-electron chi connectivity index (χ3n) is 6.52. The molecule has 0 spiro atoms. The number of fused-ring (bicyclic) bond motifs is 1. The average Bonchev–Trinajstić information content (AvgIpc) is 2.95. The van der Waals surface area contributed by atoms with Crippen molar-refractivity contribution in [2.45, 2.75) is 37.6 Å². The number of aromatic nitrogens is 1. The van der Waals surface area contributed by atoms with Crippen LogP contribution in [-0.4, -0.2) is 56.8 Å². The maximum absolute atomic E-state index is 13.3. The van der Waals surface area contributed by atoms with Crippen LogP contribution in [0.1, 0.15) is 30.5 Å². The number of pyridine rings is 1. The highest BCUT2D eigenvalue weighted by Crippen LogP contribution is 2.31. The zero-order valence-electron chi connectivity index (χ0n) is 24.3. The van der Waals surface area contributed by atoms with Crippen molar-refractivity contribution in [2.24, 2.45) is 0 Å². The number of carbonyl (C=O) groups is 1. The predicted molar refractivity (Wildman–Crippen MR) is 166 cm³/mol. The number of rotatable bonds is 10. The standard InChI is InChI=1S/C33H34N4O4S/c1-22(2)36-33(38)30(25-11-13-28(14-12-25)42(5,39)40)18-23-8-6-9-26(16-23)29-19-24(21-41-31(20-34)37(3)4)17-27-10-7-15-35-32(27)29/h6-19,22,31H,21H2,1-5H3,(H,36,38). The monoisotopic (exact) mass is 582 g/mol. The van der Waals surface area contributed by atoms with Gasteiger partial charge in [0.05, 0.1) is 17.0 Å². The maximum Gasteiger partial charge on any atom is 0.252 e. The smallest absolute Gasteiger partial charge is 0.252 e. The zero-order chi connectivity index (χ0) is 30.4. The van der Waals surface area contributed by atoms with Crippen LogP contribution in [0.2, 0.25) is 0 Å². The fraction of sp³-hybridized carbons (Fsp3) is 0.242. The van der Waals surface area contributed by atoms with Gasteiger partial charge in [0.1, 0.15) is 6.07 Å². The van der Waals surface area contributed by atoms with Gasteiger partial charge in [-0.15, -0.1) is 0 Å². The molecule has 42 heavy (non-hydrogen) atoms. The summed E-state index contributed by atoms with van der Waals surface area (Å²) in [5.74, 6) is -0.262. The minimum Gasteiger partial charge on any atom is -0.350 e. The van der Waals surface area contributed by atoms with E-state index in [2.05, 4.69) is 16.4 Å². The van der Waals surface area contributed by atoms with Crippen LogP contribution in [0.25, 0.3) is 33.7 Å². The minimum atomic E-state index is -3.37. The fourth-order valence-corrected chi connectivity index (χ4v) is 5.13. The quantitative estimate of drug-likeness (QED) is 0.153. The number of benzene rings is 3. The second kappa shape index (κ2) is 13.1. The van der Waals surface area contributed by atoms with Crippen LogP contribution in [-0.2, 0) is 26.0 Å². The first-order valence-corrected chi connectivity index (χ1v) is 15.3. The lowest BCUT2D eigenvalue weighted by Crippen LogP contribution is -2.30. The lowest BCUT2D eigenvalue weighted by molar-refractivity contribution is -0.116. The van der Waals surface area contributed by atoms with Crippen molar-refractivity contribution in [1.82, 2.24) is 15.2 Å². The highest BCUT2D eigenvalue weighted by Gasteiger charge is 2.16. The molecule has 0 aliphatic carbocycles. The molecule has 0 saturated carbocycles. The average molecular weight is 583 g/mol. The molecule has 1 aromatic heterocycles. The van der Waals surface area contributed by atoms with Crippen LogP contribution in [0, 0.1) is 11.3 Å². The Labute approximate surface area is 247 Å². The second-order valence-corrected chi connectivity index (χ2v) is 12.6. The molecule has 1 amide bonds. The van der Waals surface area contributed by atoms with E-state index in [4.69, 9.17) is 4.74 Å². The van der Waals surface area contributed by atoms with E-state index >= 15 is 0 Å². The molecule has 8 nitrogen and oxygen atoms in total. The number of nitriles is 1. The number of hydrogen-bond acceptors (Lipinski definition) is 7. The normalized spacial score (nSPS) is 12.9. The molecule has 1 heterocycles. The number of sulfone groups is 1. The largest absolute Gasteiger partial charge is 0.350 e. The Morgan fingerprint density at radius 2 is 1.81 bits per heavy atom. The van der Waals surface area contributed by atoms with Crippen molar-refractivity contribution in [3.8, 4) is 17.2 Å². The van der Waals surface area contributed by atoms with Crippen LogP contribution in [0.3, 0.4) is 0 Å². The molecule has 4 rings (SSSR count). The summed E-state index contributed by atoms with van der Waals surface area (Å²) in [5.41, 5.74) is 5.32. The molecule has 3 aromatic carbocycles. The van der Waals surface area contributed by atoms with E-state index in [9.17, 15) is 18.5 Å². The number of hydrogen-bond donors (Lipinski definition) is 1. The molecule has 0 fully saturated rings. The Morgan fingerprint density at radius 3 is 2.45 bits per heavy atom. The van der Waals surface area contributed by atoms with Gasteiger partial charge in [-0.25, -0.2) is 8.42 Å². The molecule has 216 valence electrons. The molecular formula is C33H34N4O4S. The molecule has 0 radical (unpaired) electrons. The molecule has 0 aliphatic rings. The second-order valence-electron chi connectivity index (χ2n) is 10.6. The lowest BCUT2D eigenvalue weighted by atomic mass is 9.96. The topological polar surface area (TPSA) is 112 Å². The first kappa shape index (κ1) is 30.6. The fourth-order valence-electron chi connectivity index (χ4n) is 4.50. The van der Waals surface area contributed by atoms with E-state index in [-0.39, 0.29) is 23.5 Å². The Hall–Kier alpha value is -4.36. The van der Waals surface area contributed by atoms with Crippen molar-refractivity contribution >= 4 is 38.3 Å². The number of ether oxygens (including phenoxy) is 1. The molecule has 1 unspecified atom stereocenters. The highest BCUT2D eigenvalue weighted by molar-refractivity contribution is 7.90. The van der Waals surface area contributed by atoms with Crippen molar-refractivity contribution in [1.29, 1.82) is 5.26 Å². The SMILES string of the molecule is CC(C)NC(=O)C(=Cc1cccc(-c2cc(COC(C#N)N(C)C)cc3cccnc23)c1)c1ccc(S(C)(=O)=O)cc1. The van der Waals surface area contributed by atoms with E-state index < -0.39 is 16.1 Å². The Kier molecular flexibility index (Phi) is 9.53. The van der Waals surface area contributed by atoms with E-state index in [0.29, 0.717) is 11.1 Å². The van der Waals surface area contributed by atoms with Crippen molar-refractivity contribution in [2.75, 3.05) is 20.4 Å². The number of nitrogens with one attached hydrogen (secondary N) is 1. The zero-order valence-corrected chi connectivity index (χ0v) is 25.1. The van der Waals surface area contributed by atoms with Crippen LogP contribution >= 0.6 is 0 Å². The number of nitrogens with zero attached hydrogens (tertiary/aromatic N) is 3.